The van der Waals surface area contributed by atoms with E-state index in [-0.39, 0.29) is 36.0 Å². The number of esters is 3. The molecule has 0 aromatic carbocycles. The van der Waals surface area contributed by atoms with E-state index in [1.165, 1.54) is 20.8 Å². The van der Waals surface area contributed by atoms with Crippen LogP contribution in [-0.4, -0.2) is 47.4 Å². The first-order valence-electron chi connectivity index (χ1n) is 14.6. The topological polar surface area (TPSA) is 142 Å². The maximum absolute atomic E-state index is 13.5. The molecule has 0 saturated heterocycles. The number of nitrogens with zero attached hydrogens (tertiary/aromatic N) is 1. The minimum atomic E-state index is -1.33. The lowest BCUT2D eigenvalue weighted by Crippen LogP contribution is -2.71. The van der Waals surface area contributed by atoms with Gasteiger partial charge in [0.2, 0.25) is 0 Å². The number of aryl methyl sites for hydroxylation is 1. The molecule has 232 valence electrons. The van der Waals surface area contributed by atoms with Crippen molar-refractivity contribution >= 4 is 17.9 Å². The Morgan fingerprint density at radius 1 is 1.07 bits per heavy atom. The molecule has 8 atom stereocenters. The van der Waals surface area contributed by atoms with E-state index in [4.69, 9.17) is 23.4 Å². The van der Waals surface area contributed by atoms with Crippen LogP contribution in [0, 0.1) is 22.7 Å². The van der Waals surface area contributed by atoms with Gasteiger partial charge in [-0.1, -0.05) is 13.8 Å². The molecule has 0 spiro atoms. The molecule has 1 N–H and O–H groups in total. The molecule has 11 nitrogen and oxygen atoms in total. The van der Waals surface area contributed by atoms with Crippen LogP contribution >= 0.6 is 0 Å². The summed E-state index contributed by atoms with van der Waals surface area (Å²) in [6.45, 7) is 9.61. The number of aliphatic hydroxyl groups excluding tert-OH is 1. The lowest BCUT2D eigenvalue weighted by Gasteiger charge is -2.66. The molecule has 0 bridgehead atoms. The lowest BCUT2D eigenvalue weighted by molar-refractivity contribution is -0.671. The molecular formula is C32H40NO10+. The van der Waals surface area contributed by atoms with Gasteiger partial charge in [0.1, 0.15) is 48.5 Å². The number of ether oxygens (including phenoxy) is 4. The van der Waals surface area contributed by atoms with E-state index in [2.05, 4.69) is 0 Å². The molecule has 2 aromatic rings. The SMILES string of the molecule is CC(=O)OCC1(C)C2C[C@H](OC(C)=O)[C@@]3(C)Oc4cc(-c5ccc[n+](C)c5)oc(=O)c4[C@H](O)C3[C@@]2(C)CC[C@@H]1OC(C)=O. The predicted molar refractivity (Wildman–Crippen MR) is 150 cm³/mol. The van der Waals surface area contributed by atoms with Gasteiger partial charge in [-0.25, -0.2) is 9.36 Å². The fraction of sp³-hybridized carbons (Fsp3) is 0.594. The average Bonchev–Trinajstić information content (AvgIpc) is 2.89. The Labute approximate surface area is 250 Å². The van der Waals surface area contributed by atoms with Crippen molar-refractivity contribution in [1.82, 2.24) is 0 Å². The molecule has 3 unspecified atom stereocenters. The molecule has 0 amide bonds. The zero-order valence-corrected chi connectivity index (χ0v) is 25.7. The summed E-state index contributed by atoms with van der Waals surface area (Å²) in [6, 6.07) is 5.21. The Bertz CT molecular complexity index is 1520. The van der Waals surface area contributed by atoms with Gasteiger partial charge in [0, 0.05) is 44.2 Å². The normalized spacial score (nSPS) is 34.5. The van der Waals surface area contributed by atoms with Crippen molar-refractivity contribution in [3.05, 3.63) is 46.6 Å². The Morgan fingerprint density at radius 2 is 1.74 bits per heavy atom. The van der Waals surface area contributed by atoms with Gasteiger partial charge in [0.25, 0.3) is 0 Å². The van der Waals surface area contributed by atoms with Crippen molar-refractivity contribution in [3.63, 3.8) is 0 Å². The van der Waals surface area contributed by atoms with E-state index < -0.39 is 64.2 Å². The number of fused-ring (bicyclic) bond motifs is 4. The third-order valence-electron chi connectivity index (χ3n) is 10.0. The Hall–Kier alpha value is -3.73. The highest BCUT2D eigenvalue weighted by atomic mass is 16.6. The molecule has 5 rings (SSSR count). The number of aromatic nitrogens is 1. The van der Waals surface area contributed by atoms with Crippen LogP contribution < -0.4 is 14.9 Å². The maximum atomic E-state index is 13.5. The van der Waals surface area contributed by atoms with Gasteiger partial charge in [-0.2, -0.15) is 0 Å². The third-order valence-corrected chi connectivity index (χ3v) is 10.0. The average molecular weight is 599 g/mol. The fourth-order valence-electron chi connectivity index (χ4n) is 8.26. The first kappa shape index (κ1) is 30.7. The molecule has 11 heteroatoms. The van der Waals surface area contributed by atoms with Crippen molar-refractivity contribution in [2.45, 2.75) is 84.7 Å². The monoisotopic (exact) mass is 598 g/mol. The minimum Gasteiger partial charge on any atom is -0.482 e. The number of carbonyl (C=O) groups excluding carboxylic acids is 3. The second kappa shape index (κ2) is 10.8. The van der Waals surface area contributed by atoms with Crippen LogP contribution in [0.5, 0.6) is 5.75 Å². The molecule has 2 aliphatic carbocycles. The van der Waals surface area contributed by atoms with Gasteiger partial charge in [0.15, 0.2) is 12.4 Å². The van der Waals surface area contributed by atoms with E-state index in [0.29, 0.717) is 18.4 Å². The van der Waals surface area contributed by atoms with Crippen molar-refractivity contribution in [2.75, 3.05) is 6.61 Å². The third kappa shape index (κ3) is 5.11. The summed E-state index contributed by atoms with van der Waals surface area (Å²) in [6.07, 6.45) is 2.07. The standard InChI is InChI=1S/C32H40NO10/c1-17(34)39-16-31(5)23-14-25(41-19(3)36)32(6)28(30(23,4)11-10-24(31)40-18(2)35)27(37)26-22(43-32)13-21(42-29(26)38)20-9-8-12-33(7)15-20/h8-9,12-13,15,23-25,27-28,37H,10-11,14,16H2,1-7H3/q+1/t23?,24-,25-,27-,28?,30-,31?,32+/m0/s1. The molecule has 0 radical (unpaired) electrons. The Morgan fingerprint density at radius 3 is 2.37 bits per heavy atom. The number of carbonyl (C=O) groups is 3. The highest BCUT2D eigenvalue weighted by Crippen LogP contribution is 2.67. The largest absolute Gasteiger partial charge is 0.482 e. The summed E-state index contributed by atoms with van der Waals surface area (Å²) in [7, 11) is 1.85. The number of hydrogen-bond acceptors (Lipinski definition) is 10. The van der Waals surface area contributed by atoms with Crippen LogP contribution in [0.2, 0.25) is 0 Å². The van der Waals surface area contributed by atoms with Gasteiger partial charge < -0.3 is 28.5 Å². The number of aliphatic hydroxyl groups is 1. The van der Waals surface area contributed by atoms with Gasteiger partial charge in [0.05, 0.1) is 11.7 Å². The van der Waals surface area contributed by atoms with E-state index in [1.807, 2.05) is 37.7 Å². The summed E-state index contributed by atoms with van der Waals surface area (Å²) >= 11 is 0. The van der Waals surface area contributed by atoms with E-state index >= 15 is 0 Å². The maximum Gasteiger partial charge on any atom is 0.345 e. The van der Waals surface area contributed by atoms with Crippen LogP contribution in [0.3, 0.4) is 0 Å². The first-order valence-corrected chi connectivity index (χ1v) is 14.6. The van der Waals surface area contributed by atoms with Gasteiger partial charge >= 0.3 is 23.5 Å². The zero-order chi connectivity index (χ0) is 31.5. The van der Waals surface area contributed by atoms with Gasteiger partial charge in [-0.3, -0.25) is 14.4 Å². The molecular weight excluding hydrogens is 558 g/mol. The molecule has 43 heavy (non-hydrogen) atoms. The second-order valence-electron chi connectivity index (χ2n) is 13.0. The van der Waals surface area contributed by atoms with Crippen LogP contribution in [0.1, 0.15) is 72.5 Å². The zero-order valence-electron chi connectivity index (χ0n) is 25.7. The highest BCUT2D eigenvalue weighted by molar-refractivity contribution is 5.67. The quantitative estimate of drug-likeness (QED) is 0.310. The van der Waals surface area contributed by atoms with Crippen LogP contribution in [0.25, 0.3) is 11.3 Å². The highest BCUT2D eigenvalue weighted by Gasteiger charge is 2.70. The van der Waals surface area contributed by atoms with Crippen molar-refractivity contribution in [2.24, 2.45) is 29.7 Å². The predicted octanol–water partition coefficient (Wildman–Crippen LogP) is 3.18. The van der Waals surface area contributed by atoms with Crippen molar-refractivity contribution in [1.29, 1.82) is 0 Å². The van der Waals surface area contributed by atoms with E-state index in [9.17, 15) is 24.3 Å². The molecule has 2 aromatic heterocycles. The molecule has 1 aliphatic heterocycles. The molecule has 3 heterocycles. The summed E-state index contributed by atoms with van der Waals surface area (Å²) in [5.41, 5.74) is -2.95. The second-order valence-corrected chi connectivity index (χ2v) is 13.0. The minimum absolute atomic E-state index is 0.00113. The smallest absolute Gasteiger partial charge is 0.345 e. The lowest BCUT2D eigenvalue weighted by atomic mass is 9.42. The molecule has 3 aliphatic rings. The fourth-order valence-corrected chi connectivity index (χ4v) is 8.26. The Balaban J connectivity index is 1.66. The van der Waals surface area contributed by atoms with Crippen LogP contribution in [0.4, 0.5) is 0 Å². The summed E-state index contributed by atoms with van der Waals surface area (Å²) < 4.78 is 31.4. The van der Waals surface area contributed by atoms with Crippen LogP contribution in [-0.2, 0) is 35.6 Å². The number of hydrogen-bond donors (Lipinski definition) is 1. The number of pyridine rings is 1. The summed E-state index contributed by atoms with van der Waals surface area (Å²) in [4.78, 5) is 50.1. The first-order chi connectivity index (χ1) is 20.1. The molecule has 2 saturated carbocycles. The summed E-state index contributed by atoms with van der Waals surface area (Å²) in [5.74, 6) is -2.16. The summed E-state index contributed by atoms with van der Waals surface area (Å²) in [5, 5.41) is 12.1. The van der Waals surface area contributed by atoms with Crippen molar-refractivity contribution in [3.8, 4) is 17.1 Å². The van der Waals surface area contributed by atoms with Crippen LogP contribution in [0.15, 0.2) is 39.8 Å². The van der Waals surface area contributed by atoms with Gasteiger partial charge in [-0.15, -0.1) is 0 Å². The van der Waals surface area contributed by atoms with Gasteiger partial charge in [-0.05, 0) is 43.6 Å². The van der Waals surface area contributed by atoms with E-state index in [0.717, 1.165) is 0 Å². The molecule has 2 fully saturated rings. The number of rotatable bonds is 5. The van der Waals surface area contributed by atoms with E-state index in [1.54, 1.807) is 25.3 Å². The Kier molecular flexibility index (Phi) is 7.69. The van der Waals surface area contributed by atoms with Crippen molar-refractivity contribution < 1.29 is 47.4 Å².